The third-order valence-corrected chi connectivity index (χ3v) is 3.74. The number of aryl methyl sites for hydroxylation is 1. The van der Waals surface area contributed by atoms with Crippen molar-refractivity contribution < 1.29 is 13.9 Å². The molecule has 0 saturated carbocycles. The summed E-state index contributed by atoms with van der Waals surface area (Å²) in [5, 5.41) is 2.79. The van der Waals surface area contributed by atoms with Gasteiger partial charge in [0, 0.05) is 12.5 Å². The van der Waals surface area contributed by atoms with Crippen LogP contribution in [0.15, 0.2) is 48.5 Å². The first-order chi connectivity index (χ1) is 11.1. The third kappa shape index (κ3) is 5.40. The fraction of sp³-hybridized carbons (Fsp3) is 0.316. The first kappa shape index (κ1) is 17.0. The Kier molecular flexibility index (Phi) is 6.15. The van der Waals surface area contributed by atoms with Gasteiger partial charge in [0.1, 0.15) is 11.6 Å². The molecule has 2 rings (SSSR count). The lowest BCUT2D eigenvalue weighted by Crippen LogP contribution is -2.16. The van der Waals surface area contributed by atoms with Crippen LogP contribution in [0.4, 0.5) is 10.1 Å². The lowest BCUT2D eigenvalue weighted by Gasteiger charge is -2.13. The molecule has 1 unspecified atom stereocenters. The molecule has 4 heteroatoms. The van der Waals surface area contributed by atoms with Gasteiger partial charge < -0.3 is 10.1 Å². The lowest BCUT2D eigenvalue weighted by molar-refractivity contribution is -0.117. The summed E-state index contributed by atoms with van der Waals surface area (Å²) >= 11 is 0. The average molecular weight is 315 g/mol. The summed E-state index contributed by atoms with van der Waals surface area (Å²) in [5.41, 5.74) is 1.77. The lowest BCUT2D eigenvalue weighted by atomic mass is 9.98. The summed E-state index contributed by atoms with van der Waals surface area (Å²) in [6, 6.07) is 14.3. The minimum atomic E-state index is -0.393. The Morgan fingerprint density at radius 1 is 1.22 bits per heavy atom. The van der Waals surface area contributed by atoms with E-state index in [1.54, 1.807) is 0 Å². The van der Waals surface area contributed by atoms with Crippen LogP contribution < -0.4 is 10.1 Å². The molecule has 1 atom stereocenters. The number of carbonyl (C=O) groups excluding carboxylic acids is 1. The van der Waals surface area contributed by atoms with E-state index in [2.05, 4.69) is 24.4 Å². The van der Waals surface area contributed by atoms with Crippen LogP contribution in [0.5, 0.6) is 5.75 Å². The van der Waals surface area contributed by atoms with E-state index in [1.165, 1.54) is 30.9 Å². The minimum absolute atomic E-state index is 0.0875. The van der Waals surface area contributed by atoms with Crippen molar-refractivity contribution in [2.24, 2.45) is 5.92 Å². The summed E-state index contributed by atoms with van der Waals surface area (Å²) < 4.78 is 18.2. The first-order valence-corrected chi connectivity index (χ1v) is 7.76. The molecule has 2 aromatic rings. The molecular formula is C19H22FNO2. The van der Waals surface area contributed by atoms with Gasteiger partial charge in [-0.3, -0.25) is 4.79 Å². The molecule has 0 bridgehead atoms. The van der Waals surface area contributed by atoms with Gasteiger partial charge in [-0.05, 0) is 36.5 Å². The summed E-state index contributed by atoms with van der Waals surface area (Å²) in [6.07, 6.45) is 2.32. The van der Waals surface area contributed by atoms with Crippen LogP contribution in [0.3, 0.4) is 0 Å². The van der Waals surface area contributed by atoms with Gasteiger partial charge >= 0.3 is 0 Å². The predicted octanol–water partition coefficient (Wildman–Crippen LogP) is 4.43. The summed E-state index contributed by atoms with van der Waals surface area (Å²) in [5.74, 6) is 0.114. The van der Waals surface area contributed by atoms with E-state index in [1.807, 2.05) is 18.2 Å². The van der Waals surface area contributed by atoms with Crippen molar-refractivity contribution in [2.75, 3.05) is 12.4 Å². The van der Waals surface area contributed by atoms with E-state index in [0.29, 0.717) is 17.9 Å². The number of ether oxygens (including phenoxy) is 1. The molecule has 0 aromatic heterocycles. The zero-order chi connectivity index (χ0) is 16.7. The predicted molar refractivity (Wildman–Crippen MR) is 90.1 cm³/mol. The molecule has 2 aromatic carbocycles. The van der Waals surface area contributed by atoms with Gasteiger partial charge in [-0.25, -0.2) is 4.39 Å². The van der Waals surface area contributed by atoms with E-state index in [-0.39, 0.29) is 11.8 Å². The molecule has 1 N–H and O–H groups in total. The molecule has 0 aliphatic carbocycles. The van der Waals surface area contributed by atoms with E-state index >= 15 is 0 Å². The maximum Gasteiger partial charge on any atom is 0.224 e. The highest BCUT2D eigenvalue weighted by Gasteiger charge is 2.12. The van der Waals surface area contributed by atoms with Crippen LogP contribution in [0.25, 0.3) is 0 Å². The van der Waals surface area contributed by atoms with Crippen molar-refractivity contribution in [3.8, 4) is 5.75 Å². The molecule has 0 radical (unpaired) electrons. The number of halogens is 1. The molecule has 0 aliphatic heterocycles. The maximum atomic E-state index is 13.2. The van der Waals surface area contributed by atoms with Crippen molar-refractivity contribution in [1.82, 2.24) is 0 Å². The number of amides is 1. The zero-order valence-electron chi connectivity index (χ0n) is 13.5. The molecule has 0 saturated heterocycles. The fourth-order valence-electron chi connectivity index (χ4n) is 2.45. The van der Waals surface area contributed by atoms with Crippen molar-refractivity contribution in [2.45, 2.75) is 26.2 Å². The molecule has 1 amide bonds. The smallest absolute Gasteiger partial charge is 0.224 e. The van der Waals surface area contributed by atoms with Crippen molar-refractivity contribution in [1.29, 1.82) is 0 Å². The number of rotatable bonds is 7. The largest absolute Gasteiger partial charge is 0.494 e. The summed E-state index contributed by atoms with van der Waals surface area (Å²) in [7, 11) is 1.45. The molecule has 23 heavy (non-hydrogen) atoms. The average Bonchev–Trinajstić information content (AvgIpc) is 2.55. The van der Waals surface area contributed by atoms with E-state index in [9.17, 15) is 9.18 Å². The van der Waals surface area contributed by atoms with Gasteiger partial charge in [-0.2, -0.15) is 0 Å². The Labute approximate surface area is 136 Å². The molecule has 0 fully saturated rings. The Hall–Kier alpha value is -2.36. The summed E-state index contributed by atoms with van der Waals surface area (Å²) in [6.45, 7) is 2.06. The number of benzene rings is 2. The van der Waals surface area contributed by atoms with Crippen LogP contribution in [0.1, 0.15) is 25.3 Å². The molecular weight excluding hydrogens is 293 g/mol. The standard InChI is InChI=1S/C19H22FNO2/c1-14(8-9-15-6-4-3-5-7-15)12-19(22)21-17-11-10-16(20)13-18(17)23-2/h3-7,10-11,13-14H,8-9,12H2,1-2H3,(H,21,22). The van der Waals surface area contributed by atoms with Crippen LogP contribution >= 0.6 is 0 Å². The Morgan fingerprint density at radius 3 is 2.65 bits per heavy atom. The fourth-order valence-corrected chi connectivity index (χ4v) is 2.45. The SMILES string of the molecule is COc1cc(F)ccc1NC(=O)CC(C)CCc1ccccc1. The number of nitrogens with one attached hydrogen (secondary N) is 1. The molecule has 122 valence electrons. The van der Waals surface area contributed by atoms with Gasteiger partial charge in [0.15, 0.2) is 0 Å². The third-order valence-electron chi connectivity index (χ3n) is 3.74. The van der Waals surface area contributed by atoms with Gasteiger partial charge in [-0.1, -0.05) is 37.3 Å². The van der Waals surface area contributed by atoms with Crippen LogP contribution in [-0.4, -0.2) is 13.0 Å². The highest BCUT2D eigenvalue weighted by molar-refractivity contribution is 5.92. The van der Waals surface area contributed by atoms with Gasteiger partial charge in [0.25, 0.3) is 0 Å². The van der Waals surface area contributed by atoms with E-state index in [4.69, 9.17) is 4.74 Å². The van der Waals surface area contributed by atoms with E-state index in [0.717, 1.165) is 12.8 Å². The highest BCUT2D eigenvalue weighted by Crippen LogP contribution is 2.25. The van der Waals surface area contributed by atoms with Crippen molar-refractivity contribution in [3.63, 3.8) is 0 Å². The van der Waals surface area contributed by atoms with Crippen LogP contribution in [0.2, 0.25) is 0 Å². The minimum Gasteiger partial charge on any atom is -0.494 e. The molecule has 3 nitrogen and oxygen atoms in total. The van der Waals surface area contributed by atoms with Crippen LogP contribution in [-0.2, 0) is 11.2 Å². The first-order valence-electron chi connectivity index (χ1n) is 7.76. The number of anilines is 1. The Balaban J connectivity index is 1.84. The van der Waals surface area contributed by atoms with Gasteiger partial charge in [-0.15, -0.1) is 0 Å². The van der Waals surface area contributed by atoms with Crippen LogP contribution in [0, 0.1) is 11.7 Å². The van der Waals surface area contributed by atoms with E-state index < -0.39 is 5.82 Å². The van der Waals surface area contributed by atoms with Gasteiger partial charge in [0.2, 0.25) is 5.91 Å². The number of hydrogen-bond donors (Lipinski definition) is 1. The monoisotopic (exact) mass is 315 g/mol. The maximum absolute atomic E-state index is 13.2. The molecule has 0 spiro atoms. The molecule has 0 heterocycles. The van der Waals surface area contributed by atoms with Crippen molar-refractivity contribution >= 4 is 11.6 Å². The molecule has 0 aliphatic rings. The number of carbonyl (C=O) groups is 1. The highest BCUT2D eigenvalue weighted by atomic mass is 19.1. The topological polar surface area (TPSA) is 38.3 Å². The normalized spacial score (nSPS) is 11.8. The Morgan fingerprint density at radius 2 is 1.96 bits per heavy atom. The zero-order valence-corrected chi connectivity index (χ0v) is 13.5. The second-order valence-electron chi connectivity index (χ2n) is 5.73. The summed E-state index contributed by atoms with van der Waals surface area (Å²) in [4.78, 5) is 12.1. The second-order valence-corrected chi connectivity index (χ2v) is 5.73. The van der Waals surface area contributed by atoms with Crippen molar-refractivity contribution in [3.05, 3.63) is 59.9 Å². The quantitative estimate of drug-likeness (QED) is 0.820. The Bertz CT molecular complexity index is 643. The number of hydrogen-bond acceptors (Lipinski definition) is 2. The van der Waals surface area contributed by atoms with Gasteiger partial charge in [0.05, 0.1) is 12.8 Å². The number of methoxy groups -OCH3 is 1. The second kappa shape index (κ2) is 8.32.